The second-order valence-corrected chi connectivity index (χ2v) is 5.20. The molecule has 0 aliphatic carbocycles. The third-order valence-corrected chi connectivity index (χ3v) is 3.76. The van der Waals surface area contributed by atoms with Gasteiger partial charge in [-0.1, -0.05) is 26.8 Å². The standard InChI is InChI=1S/C16H27N5O3/c1-5-10-21-15(23)13(14(22)18-16(21)24)12(6-2)19-17-9-11-20(7-3)8-4/h5,17,23H,1,6-11H2,2-4H3,(H,18,22,24)/b19-12+. The number of hydrogen-bond acceptors (Lipinski definition) is 6. The van der Waals surface area contributed by atoms with Crippen LogP contribution in [-0.2, 0) is 6.54 Å². The molecular formula is C16H27N5O3. The van der Waals surface area contributed by atoms with Gasteiger partial charge < -0.3 is 15.4 Å². The lowest BCUT2D eigenvalue weighted by Crippen LogP contribution is -2.34. The third-order valence-electron chi connectivity index (χ3n) is 3.76. The van der Waals surface area contributed by atoms with E-state index < -0.39 is 17.1 Å². The number of likely N-dealkylation sites (N-methyl/N-ethyl adjacent to an activating group) is 1. The van der Waals surface area contributed by atoms with Crippen LogP contribution in [0.15, 0.2) is 27.3 Å². The summed E-state index contributed by atoms with van der Waals surface area (Å²) in [6.07, 6.45) is 1.90. The molecular weight excluding hydrogens is 310 g/mol. The molecule has 24 heavy (non-hydrogen) atoms. The number of nitrogens with one attached hydrogen (secondary N) is 2. The molecule has 0 saturated carbocycles. The maximum Gasteiger partial charge on any atom is 0.331 e. The first-order chi connectivity index (χ1) is 11.5. The summed E-state index contributed by atoms with van der Waals surface area (Å²) in [5.41, 5.74) is 2.01. The highest BCUT2D eigenvalue weighted by molar-refractivity contribution is 6.01. The number of nitrogens with zero attached hydrogens (tertiary/aromatic N) is 3. The molecule has 0 aliphatic rings. The number of allylic oxidation sites excluding steroid dienone is 1. The Morgan fingerprint density at radius 2 is 2.04 bits per heavy atom. The van der Waals surface area contributed by atoms with Crippen molar-refractivity contribution >= 4 is 5.71 Å². The second kappa shape index (κ2) is 9.71. The van der Waals surface area contributed by atoms with Crippen molar-refractivity contribution in [1.82, 2.24) is 19.9 Å². The van der Waals surface area contributed by atoms with Gasteiger partial charge in [0.05, 0.1) is 5.71 Å². The molecule has 8 heteroatoms. The Morgan fingerprint density at radius 3 is 2.58 bits per heavy atom. The molecule has 0 fully saturated rings. The van der Waals surface area contributed by atoms with Gasteiger partial charge in [-0.05, 0) is 19.5 Å². The van der Waals surface area contributed by atoms with Crippen molar-refractivity contribution in [2.75, 3.05) is 26.2 Å². The summed E-state index contributed by atoms with van der Waals surface area (Å²) < 4.78 is 1.05. The molecule has 0 unspecified atom stereocenters. The highest BCUT2D eigenvalue weighted by Crippen LogP contribution is 2.12. The number of aromatic nitrogens is 2. The Bertz CT molecular complexity index is 686. The minimum absolute atomic E-state index is 0.00860. The van der Waals surface area contributed by atoms with Crippen molar-refractivity contribution in [3.63, 3.8) is 0 Å². The number of aromatic amines is 1. The second-order valence-electron chi connectivity index (χ2n) is 5.20. The number of hydrogen-bond donors (Lipinski definition) is 3. The summed E-state index contributed by atoms with van der Waals surface area (Å²) in [6, 6.07) is 0. The lowest BCUT2D eigenvalue weighted by Gasteiger charge is -2.17. The van der Waals surface area contributed by atoms with Gasteiger partial charge in [-0.2, -0.15) is 5.10 Å². The normalized spacial score (nSPS) is 11.8. The molecule has 3 N–H and O–H groups in total. The Kier molecular flexibility index (Phi) is 7.97. The van der Waals surface area contributed by atoms with Crippen LogP contribution in [0.2, 0.25) is 0 Å². The zero-order valence-corrected chi connectivity index (χ0v) is 14.6. The molecule has 1 aromatic heterocycles. The minimum atomic E-state index is -0.675. The van der Waals surface area contributed by atoms with Crippen molar-refractivity contribution < 1.29 is 5.11 Å². The Labute approximate surface area is 141 Å². The van der Waals surface area contributed by atoms with Crippen molar-refractivity contribution in [2.24, 2.45) is 5.10 Å². The van der Waals surface area contributed by atoms with Gasteiger partial charge in [0.25, 0.3) is 5.56 Å². The molecule has 0 radical (unpaired) electrons. The molecule has 134 valence electrons. The van der Waals surface area contributed by atoms with Crippen molar-refractivity contribution in [3.8, 4) is 5.88 Å². The first kappa shape index (κ1) is 19.7. The maximum absolute atomic E-state index is 12.1. The Hall–Kier alpha value is -2.35. The smallest absolute Gasteiger partial charge is 0.331 e. The average Bonchev–Trinajstić information content (AvgIpc) is 2.56. The summed E-state index contributed by atoms with van der Waals surface area (Å²) in [5.74, 6) is -0.394. The van der Waals surface area contributed by atoms with Crippen molar-refractivity contribution in [3.05, 3.63) is 39.1 Å². The summed E-state index contributed by atoms with van der Waals surface area (Å²) >= 11 is 0. The highest BCUT2D eigenvalue weighted by atomic mass is 16.3. The Morgan fingerprint density at radius 1 is 1.38 bits per heavy atom. The largest absolute Gasteiger partial charge is 0.494 e. The van der Waals surface area contributed by atoms with Crippen molar-refractivity contribution in [1.29, 1.82) is 0 Å². The summed E-state index contributed by atoms with van der Waals surface area (Å²) in [6.45, 7) is 13.0. The lowest BCUT2D eigenvalue weighted by atomic mass is 10.1. The molecule has 0 bridgehead atoms. The van der Waals surface area contributed by atoms with E-state index in [0.717, 1.165) is 24.2 Å². The van der Waals surface area contributed by atoms with E-state index in [1.807, 2.05) is 6.92 Å². The van der Waals surface area contributed by atoms with Crippen LogP contribution >= 0.6 is 0 Å². The van der Waals surface area contributed by atoms with Gasteiger partial charge in [0.2, 0.25) is 5.88 Å². The zero-order valence-electron chi connectivity index (χ0n) is 14.6. The number of hydrazone groups is 1. The molecule has 0 saturated heterocycles. The van der Waals surface area contributed by atoms with E-state index in [1.54, 1.807) is 0 Å². The summed E-state index contributed by atoms with van der Waals surface area (Å²) in [5, 5.41) is 14.5. The minimum Gasteiger partial charge on any atom is -0.494 e. The van der Waals surface area contributed by atoms with E-state index in [9.17, 15) is 14.7 Å². The lowest BCUT2D eigenvalue weighted by molar-refractivity contribution is 0.303. The number of H-pyrrole nitrogens is 1. The predicted molar refractivity (Wildman–Crippen MR) is 95.8 cm³/mol. The van der Waals surface area contributed by atoms with Crippen LogP contribution in [0.4, 0.5) is 0 Å². The van der Waals surface area contributed by atoms with Gasteiger partial charge in [0.1, 0.15) is 5.56 Å². The quantitative estimate of drug-likeness (QED) is 0.249. The van der Waals surface area contributed by atoms with Crippen LogP contribution in [0, 0.1) is 0 Å². The highest BCUT2D eigenvalue weighted by Gasteiger charge is 2.17. The van der Waals surface area contributed by atoms with E-state index in [2.05, 4.69) is 40.8 Å². The molecule has 0 aromatic carbocycles. The predicted octanol–water partition coefficient (Wildman–Crippen LogP) is 0.474. The fourth-order valence-electron chi connectivity index (χ4n) is 2.33. The number of rotatable bonds is 10. The van der Waals surface area contributed by atoms with Crippen LogP contribution in [0.5, 0.6) is 5.88 Å². The van der Waals surface area contributed by atoms with Gasteiger partial charge in [0, 0.05) is 19.6 Å². The van der Waals surface area contributed by atoms with Crippen LogP contribution in [0.25, 0.3) is 0 Å². The van der Waals surface area contributed by atoms with Gasteiger partial charge in [0.15, 0.2) is 0 Å². The molecule has 1 rings (SSSR count). The van der Waals surface area contributed by atoms with Gasteiger partial charge in [-0.25, -0.2) is 4.79 Å². The molecule has 0 aliphatic heterocycles. The van der Waals surface area contributed by atoms with E-state index in [-0.39, 0.29) is 12.1 Å². The molecule has 0 amide bonds. The molecule has 8 nitrogen and oxygen atoms in total. The third kappa shape index (κ3) is 4.82. The van der Waals surface area contributed by atoms with Crippen LogP contribution in [0.3, 0.4) is 0 Å². The maximum atomic E-state index is 12.1. The SMILES string of the molecule is C=CCn1c(O)c(/C(CC)=N/NCCN(CC)CC)c(=O)[nH]c1=O. The van der Waals surface area contributed by atoms with E-state index >= 15 is 0 Å². The van der Waals surface area contributed by atoms with Gasteiger partial charge in [-0.15, -0.1) is 6.58 Å². The van der Waals surface area contributed by atoms with Gasteiger partial charge in [-0.3, -0.25) is 14.3 Å². The van der Waals surface area contributed by atoms with Crippen LogP contribution in [-0.4, -0.2) is 51.4 Å². The van der Waals surface area contributed by atoms with E-state index in [1.165, 1.54) is 6.08 Å². The summed E-state index contributed by atoms with van der Waals surface area (Å²) in [4.78, 5) is 28.3. The molecule has 1 heterocycles. The fraction of sp³-hybridized carbons (Fsp3) is 0.562. The zero-order chi connectivity index (χ0) is 18.1. The monoisotopic (exact) mass is 337 g/mol. The van der Waals surface area contributed by atoms with Gasteiger partial charge >= 0.3 is 5.69 Å². The summed E-state index contributed by atoms with van der Waals surface area (Å²) in [7, 11) is 0. The molecule has 0 spiro atoms. The van der Waals surface area contributed by atoms with Crippen molar-refractivity contribution in [2.45, 2.75) is 33.7 Å². The van der Waals surface area contributed by atoms with Crippen LogP contribution < -0.4 is 16.7 Å². The Balaban J connectivity index is 3.05. The fourth-order valence-corrected chi connectivity index (χ4v) is 2.33. The number of aromatic hydroxyl groups is 1. The molecule has 1 aromatic rings. The molecule has 0 atom stereocenters. The van der Waals surface area contributed by atoms with Crippen LogP contribution in [0.1, 0.15) is 32.8 Å². The topological polar surface area (TPSA) is 103 Å². The first-order valence-electron chi connectivity index (χ1n) is 8.19. The van der Waals surface area contributed by atoms with E-state index in [0.29, 0.717) is 18.7 Å². The van der Waals surface area contributed by atoms with E-state index in [4.69, 9.17) is 0 Å². The average molecular weight is 337 g/mol. The first-order valence-corrected chi connectivity index (χ1v) is 8.19.